The Balaban J connectivity index is 2.40. The minimum atomic E-state index is -3.34. The molecule has 1 aliphatic heterocycles. The number of hydrogen-bond acceptors (Lipinski definition) is 4. The Morgan fingerprint density at radius 1 is 1.53 bits per heavy atom. The molecule has 2 rings (SSSR count). The van der Waals surface area contributed by atoms with Gasteiger partial charge in [-0.25, -0.2) is 12.8 Å². The summed E-state index contributed by atoms with van der Waals surface area (Å²) in [5.74, 6) is -1.28. The maximum atomic E-state index is 13.4. The molecule has 0 saturated carbocycles. The molecule has 7 heteroatoms. The number of hydrogen-bond donors (Lipinski definition) is 1. The van der Waals surface area contributed by atoms with Crippen molar-refractivity contribution in [3.05, 3.63) is 34.6 Å². The van der Waals surface area contributed by atoms with Crippen LogP contribution in [0.2, 0.25) is 5.02 Å². The van der Waals surface area contributed by atoms with Crippen LogP contribution in [0, 0.1) is 22.6 Å². The highest BCUT2D eigenvalue weighted by atomic mass is 35.5. The summed E-state index contributed by atoms with van der Waals surface area (Å²) in [7, 11) is -3.34. The molecule has 0 aliphatic carbocycles. The molecule has 1 saturated heterocycles. The SMILES string of the molecule is N#CC1(C(O)c2ccc(Cl)c(F)c2)CCS(=O)(=O)C1. The average Bonchev–Trinajstić information content (AvgIpc) is 2.69. The van der Waals surface area contributed by atoms with Gasteiger partial charge in [-0.1, -0.05) is 17.7 Å². The van der Waals surface area contributed by atoms with Crippen LogP contribution in [0.25, 0.3) is 0 Å². The molecule has 1 aliphatic rings. The lowest BCUT2D eigenvalue weighted by Gasteiger charge is -2.26. The van der Waals surface area contributed by atoms with Crippen LogP contribution < -0.4 is 0 Å². The summed E-state index contributed by atoms with van der Waals surface area (Å²) < 4.78 is 36.4. The van der Waals surface area contributed by atoms with E-state index in [2.05, 4.69) is 0 Å². The van der Waals surface area contributed by atoms with Crippen LogP contribution in [-0.4, -0.2) is 25.0 Å². The van der Waals surface area contributed by atoms with Gasteiger partial charge in [0.25, 0.3) is 0 Å². The summed E-state index contributed by atoms with van der Waals surface area (Å²) in [6, 6.07) is 5.56. The van der Waals surface area contributed by atoms with Crippen LogP contribution in [0.4, 0.5) is 4.39 Å². The predicted molar refractivity (Wildman–Crippen MR) is 67.7 cm³/mol. The number of sulfone groups is 1. The van der Waals surface area contributed by atoms with Crippen LogP contribution in [0.1, 0.15) is 18.1 Å². The molecule has 1 aromatic carbocycles. The van der Waals surface area contributed by atoms with E-state index in [-0.39, 0.29) is 22.8 Å². The molecule has 0 aromatic heterocycles. The number of benzene rings is 1. The van der Waals surface area contributed by atoms with Crippen molar-refractivity contribution < 1.29 is 17.9 Å². The van der Waals surface area contributed by atoms with Gasteiger partial charge < -0.3 is 5.11 Å². The lowest BCUT2D eigenvalue weighted by atomic mass is 9.80. The first-order valence-electron chi connectivity index (χ1n) is 5.54. The van der Waals surface area contributed by atoms with Gasteiger partial charge in [0.15, 0.2) is 9.84 Å². The molecule has 0 spiro atoms. The smallest absolute Gasteiger partial charge is 0.152 e. The lowest BCUT2D eigenvalue weighted by molar-refractivity contribution is 0.0790. The van der Waals surface area contributed by atoms with Gasteiger partial charge in [0.05, 0.1) is 28.7 Å². The van der Waals surface area contributed by atoms with Crippen LogP contribution in [0.15, 0.2) is 18.2 Å². The molecule has 2 atom stereocenters. The fourth-order valence-electron chi connectivity index (χ4n) is 2.24. The third kappa shape index (κ3) is 2.59. The second-order valence-electron chi connectivity index (χ2n) is 4.69. The van der Waals surface area contributed by atoms with E-state index < -0.39 is 32.9 Å². The van der Waals surface area contributed by atoms with Gasteiger partial charge in [0.1, 0.15) is 11.2 Å². The Hall–Kier alpha value is -1.16. The summed E-state index contributed by atoms with van der Waals surface area (Å²) >= 11 is 5.54. The largest absolute Gasteiger partial charge is 0.387 e. The number of aliphatic hydroxyl groups excluding tert-OH is 1. The monoisotopic (exact) mass is 303 g/mol. The van der Waals surface area contributed by atoms with Gasteiger partial charge in [-0.3, -0.25) is 0 Å². The zero-order valence-electron chi connectivity index (χ0n) is 9.81. The maximum absolute atomic E-state index is 13.4. The van der Waals surface area contributed by atoms with E-state index in [0.717, 1.165) is 6.07 Å². The van der Waals surface area contributed by atoms with E-state index in [1.54, 1.807) is 0 Å². The van der Waals surface area contributed by atoms with E-state index in [0.29, 0.717) is 0 Å². The molecule has 102 valence electrons. The van der Waals surface area contributed by atoms with Crippen molar-refractivity contribution in [1.82, 2.24) is 0 Å². The van der Waals surface area contributed by atoms with Gasteiger partial charge in [-0.2, -0.15) is 5.26 Å². The van der Waals surface area contributed by atoms with Crippen LogP contribution in [0.5, 0.6) is 0 Å². The van der Waals surface area contributed by atoms with Crippen molar-refractivity contribution in [3.63, 3.8) is 0 Å². The normalized spacial score (nSPS) is 26.8. The second kappa shape index (κ2) is 4.75. The van der Waals surface area contributed by atoms with Crippen LogP contribution >= 0.6 is 11.6 Å². The molecule has 1 heterocycles. The Kier molecular flexibility index (Phi) is 3.56. The summed E-state index contributed by atoms with van der Waals surface area (Å²) in [5, 5.41) is 19.3. The molecular formula is C12H11ClFNO3S. The van der Waals surface area contributed by atoms with E-state index in [9.17, 15) is 23.2 Å². The first-order valence-corrected chi connectivity index (χ1v) is 7.74. The molecule has 4 nitrogen and oxygen atoms in total. The molecule has 0 radical (unpaired) electrons. The average molecular weight is 304 g/mol. The third-order valence-electron chi connectivity index (χ3n) is 3.34. The van der Waals surface area contributed by atoms with Gasteiger partial charge >= 0.3 is 0 Å². The highest BCUT2D eigenvalue weighted by Crippen LogP contribution is 2.43. The molecular weight excluding hydrogens is 293 g/mol. The Bertz CT molecular complexity index is 655. The number of nitrogens with zero attached hydrogens (tertiary/aromatic N) is 1. The van der Waals surface area contributed by atoms with Crippen molar-refractivity contribution in [3.8, 4) is 6.07 Å². The molecule has 1 aromatic rings. The van der Waals surface area contributed by atoms with Crippen molar-refractivity contribution in [1.29, 1.82) is 5.26 Å². The van der Waals surface area contributed by atoms with Gasteiger partial charge in [0.2, 0.25) is 0 Å². The minimum Gasteiger partial charge on any atom is -0.387 e. The predicted octanol–water partition coefficient (Wildman–Crippen LogP) is 1.84. The lowest BCUT2D eigenvalue weighted by Crippen LogP contribution is -2.29. The van der Waals surface area contributed by atoms with E-state index in [4.69, 9.17) is 11.6 Å². The standard InChI is InChI=1S/C12H11ClFNO3S/c13-9-2-1-8(5-10(9)14)11(16)12(6-15)3-4-19(17,18)7-12/h1-2,5,11,16H,3-4,7H2. The zero-order chi connectivity index (χ0) is 14.3. The van der Waals surface area contributed by atoms with E-state index in [1.807, 2.05) is 6.07 Å². The van der Waals surface area contributed by atoms with Crippen molar-refractivity contribution in [2.75, 3.05) is 11.5 Å². The molecule has 19 heavy (non-hydrogen) atoms. The Morgan fingerprint density at radius 3 is 2.68 bits per heavy atom. The topological polar surface area (TPSA) is 78.2 Å². The fourth-order valence-corrected chi connectivity index (χ4v) is 4.33. The third-order valence-corrected chi connectivity index (χ3v) is 5.43. The fraction of sp³-hybridized carbons (Fsp3) is 0.417. The quantitative estimate of drug-likeness (QED) is 0.904. The summed E-state index contributed by atoms with van der Waals surface area (Å²) in [6.45, 7) is 0. The zero-order valence-corrected chi connectivity index (χ0v) is 11.4. The number of nitriles is 1. The van der Waals surface area contributed by atoms with Crippen molar-refractivity contribution in [2.45, 2.75) is 12.5 Å². The Labute approximate surface area is 115 Å². The minimum absolute atomic E-state index is 0.0389. The van der Waals surface area contributed by atoms with Gasteiger partial charge in [-0.05, 0) is 24.1 Å². The highest BCUT2D eigenvalue weighted by molar-refractivity contribution is 7.91. The summed E-state index contributed by atoms with van der Waals surface area (Å²) in [4.78, 5) is 0. The number of halogens is 2. The first kappa shape index (κ1) is 14.3. The number of rotatable bonds is 2. The van der Waals surface area contributed by atoms with Crippen molar-refractivity contribution in [2.24, 2.45) is 5.41 Å². The molecule has 0 amide bonds. The van der Waals surface area contributed by atoms with Crippen molar-refractivity contribution >= 4 is 21.4 Å². The molecule has 2 unspecified atom stereocenters. The molecule has 1 N–H and O–H groups in total. The molecule has 0 bridgehead atoms. The first-order chi connectivity index (χ1) is 8.80. The molecule has 1 fully saturated rings. The van der Waals surface area contributed by atoms with Crippen LogP contribution in [0.3, 0.4) is 0 Å². The van der Waals surface area contributed by atoms with Gasteiger partial charge in [0, 0.05) is 0 Å². The van der Waals surface area contributed by atoms with Gasteiger partial charge in [-0.15, -0.1) is 0 Å². The summed E-state index contributed by atoms with van der Waals surface area (Å²) in [6.07, 6.45) is -1.32. The van der Waals surface area contributed by atoms with E-state index >= 15 is 0 Å². The second-order valence-corrected chi connectivity index (χ2v) is 7.28. The highest BCUT2D eigenvalue weighted by Gasteiger charge is 2.48. The maximum Gasteiger partial charge on any atom is 0.152 e. The summed E-state index contributed by atoms with van der Waals surface area (Å²) in [5.41, 5.74) is -1.26. The van der Waals surface area contributed by atoms with E-state index in [1.165, 1.54) is 12.1 Å². The van der Waals surface area contributed by atoms with Crippen LogP contribution in [-0.2, 0) is 9.84 Å². The number of aliphatic hydroxyl groups is 1. The Morgan fingerprint density at radius 2 is 2.21 bits per heavy atom.